The summed E-state index contributed by atoms with van der Waals surface area (Å²) in [5.41, 5.74) is 3.65. The SMILES string of the molecule is Cc1ccccc1CCC(=O)Cc1ccccc1. The monoisotopic (exact) mass is 238 g/mol. The first-order valence-corrected chi connectivity index (χ1v) is 6.36. The molecular formula is C17H18O. The van der Waals surface area contributed by atoms with E-state index in [1.807, 2.05) is 42.5 Å². The van der Waals surface area contributed by atoms with Crippen LogP contribution in [0.3, 0.4) is 0 Å². The molecule has 1 heteroatoms. The molecule has 0 fully saturated rings. The van der Waals surface area contributed by atoms with Gasteiger partial charge in [-0.3, -0.25) is 4.79 Å². The lowest BCUT2D eigenvalue weighted by molar-refractivity contribution is -0.118. The van der Waals surface area contributed by atoms with E-state index < -0.39 is 0 Å². The average Bonchev–Trinajstić information content (AvgIpc) is 2.39. The molecule has 0 unspecified atom stereocenters. The Morgan fingerprint density at radius 2 is 1.61 bits per heavy atom. The van der Waals surface area contributed by atoms with Gasteiger partial charge in [-0.05, 0) is 30.0 Å². The Morgan fingerprint density at radius 3 is 2.33 bits per heavy atom. The van der Waals surface area contributed by atoms with Crippen molar-refractivity contribution < 1.29 is 4.79 Å². The molecule has 92 valence electrons. The third-order valence-electron chi connectivity index (χ3n) is 3.18. The van der Waals surface area contributed by atoms with Gasteiger partial charge in [-0.2, -0.15) is 0 Å². The highest BCUT2D eigenvalue weighted by Crippen LogP contribution is 2.11. The van der Waals surface area contributed by atoms with Crippen LogP contribution in [0.5, 0.6) is 0 Å². The molecule has 0 aliphatic carbocycles. The average molecular weight is 238 g/mol. The maximum Gasteiger partial charge on any atom is 0.137 e. The van der Waals surface area contributed by atoms with Crippen LogP contribution in [0.1, 0.15) is 23.1 Å². The topological polar surface area (TPSA) is 17.1 Å². The van der Waals surface area contributed by atoms with Crippen molar-refractivity contribution in [2.75, 3.05) is 0 Å². The number of carbonyl (C=O) groups is 1. The zero-order chi connectivity index (χ0) is 12.8. The van der Waals surface area contributed by atoms with Crippen molar-refractivity contribution in [1.82, 2.24) is 0 Å². The molecule has 2 aromatic rings. The Balaban J connectivity index is 1.88. The normalized spacial score (nSPS) is 10.3. The minimum atomic E-state index is 0.310. The van der Waals surface area contributed by atoms with E-state index in [2.05, 4.69) is 19.1 Å². The fraction of sp³-hybridized carbons (Fsp3) is 0.235. The molecule has 0 spiro atoms. The van der Waals surface area contributed by atoms with Gasteiger partial charge in [-0.25, -0.2) is 0 Å². The fourth-order valence-electron chi connectivity index (χ4n) is 2.08. The highest BCUT2D eigenvalue weighted by Gasteiger charge is 2.05. The molecule has 1 nitrogen and oxygen atoms in total. The summed E-state index contributed by atoms with van der Waals surface area (Å²) in [4.78, 5) is 11.9. The number of hydrogen-bond acceptors (Lipinski definition) is 1. The summed E-state index contributed by atoms with van der Waals surface area (Å²) in [7, 11) is 0. The van der Waals surface area contributed by atoms with Crippen LogP contribution in [-0.2, 0) is 17.6 Å². The molecule has 0 saturated heterocycles. The molecule has 18 heavy (non-hydrogen) atoms. The Morgan fingerprint density at radius 1 is 0.944 bits per heavy atom. The summed E-state index contributed by atoms with van der Waals surface area (Å²) in [6.45, 7) is 2.09. The number of hydrogen-bond donors (Lipinski definition) is 0. The first-order chi connectivity index (χ1) is 8.75. The largest absolute Gasteiger partial charge is 0.299 e. The fourth-order valence-corrected chi connectivity index (χ4v) is 2.08. The predicted molar refractivity (Wildman–Crippen MR) is 74.7 cm³/mol. The molecular weight excluding hydrogens is 220 g/mol. The van der Waals surface area contributed by atoms with E-state index in [1.54, 1.807) is 0 Å². The summed E-state index contributed by atoms with van der Waals surface area (Å²) in [5, 5.41) is 0. The van der Waals surface area contributed by atoms with Crippen LogP contribution in [0.25, 0.3) is 0 Å². The minimum Gasteiger partial charge on any atom is -0.299 e. The van der Waals surface area contributed by atoms with Crippen molar-refractivity contribution in [3.8, 4) is 0 Å². The summed E-state index contributed by atoms with van der Waals surface area (Å²) in [5.74, 6) is 0.310. The highest BCUT2D eigenvalue weighted by molar-refractivity contribution is 5.81. The second kappa shape index (κ2) is 6.15. The van der Waals surface area contributed by atoms with E-state index in [-0.39, 0.29) is 0 Å². The number of ketones is 1. The molecule has 0 bridgehead atoms. The van der Waals surface area contributed by atoms with Crippen LogP contribution in [0, 0.1) is 6.92 Å². The van der Waals surface area contributed by atoms with Crippen molar-refractivity contribution in [3.05, 3.63) is 71.3 Å². The van der Waals surface area contributed by atoms with Gasteiger partial charge in [-0.1, -0.05) is 54.6 Å². The van der Waals surface area contributed by atoms with Crippen LogP contribution in [0.2, 0.25) is 0 Å². The molecule has 0 N–H and O–H groups in total. The number of rotatable bonds is 5. The van der Waals surface area contributed by atoms with E-state index in [9.17, 15) is 4.79 Å². The van der Waals surface area contributed by atoms with E-state index in [4.69, 9.17) is 0 Å². The van der Waals surface area contributed by atoms with E-state index >= 15 is 0 Å². The van der Waals surface area contributed by atoms with Gasteiger partial charge in [0.2, 0.25) is 0 Å². The molecule has 0 aliphatic heterocycles. The number of Topliss-reactive ketones (excluding diaryl/α,β-unsaturated/α-hetero) is 1. The van der Waals surface area contributed by atoms with Gasteiger partial charge in [0.05, 0.1) is 0 Å². The Kier molecular flexibility index (Phi) is 4.30. The summed E-state index contributed by atoms with van der Waals surface area (Å²) in [6, 6.07) is 18.2. The lowest BCUT2D eigenvalue weighted by Crippen LogP contribution is -2.04. The summed E-state index contributed by atoms with van der Waals surface area (Å²) >= 11 is 0. The molecule has 0 aromatic heterocycles. The second-order valence-corrected chi connectivity index (χ2v) is 4.63. The maximum absolute atomic E-state index is 11.9. The van der Waals surface area contributed by atoms with Gasteiger partial charge in [-0.15, -0.1) is 0 Å². The van der Waals surface area contributed by atoms with Crippen molar-refractivity contribution in [1.29, 1.82) is 0 Å². The molecule has 0 radical (unpaired) electrons. The molecule has 0 amide bonds. The highest BCUT2D eigenvalue weighted by atomic mass is 16.1. The van der Waals surface area contributed by atoms with Gasteiger partial charge in [0.25, 0.3) is 0 Å². The van der Waals surface area contributed by atoms with Crippen molar-refractivity contribution in [2.24, 2.45) is 0 Å². The van der Waals surface area contributed by atoms with Crippen LogP contribution in [0.4, 0.5) is 0 Å². The number of benzene rings is 2. The van der Waals surface area contributed by atoms with Crippen molar-refractivity contribution in [3.63, 3.8) is 0 Å². The van der Waals surface area contributed by atoms with Gasteiger partial charge in [0.1, 0.15) is 5.78 Å². The first kappa shape index (κ1) is 12.6. The molecule has 0 atom stereocenters. The van der Waals surface area contributed by atoms with Crippen molar-refractivity contribution in [2.45, 2.75) is 26.2 Å². The third-order valence-corrected chi connectivity index (χ3v) is 3.18. The quantitative estimate of drug-likeness (QED) is 0.775. The lowest BCUT2D eigenvalue weighted by atomic mass is 10.00. The van der Waals surface area contributed by atoms with E-state index in [1.165, 1.54) is 11.1 Å². The molecule has 2 aromatic carbocycles. The van der Waals surface area contributed by atoms with Crippen LogP contribution < -0.4 is 0 Å². The number of carbonyl (C=O) groups excluding carboxylic acids is 1. The predicted octanol–water partition coefficient (Wildman–Crippen LogP) is 3.74. The standard InChI is InChI=1S/C17H18O/c1-14-7-5-6-10-16(14)11-12-17(18)13-15-8-3-2-4-9-15/h2-10H,11-13H2,1H3. The van der Waals surface area contributed by atoms with Gasteiger partial charge in [0, 0.05) is 12.8 Å². The first-order valence-electron chi connectivity index (χ1n) is 6.36. The lowest BCUT2D eigenvalue weighted by Gasteiger charge is -2.05. The third kappa shape index (κ3) is 3.56. The summed E-state index contributed by atoms with van der Waals surface area (Å²) < 4.78 is 0. The Labute approximate surface area is 108 Å². The maximum atomic E-state index is 11.9. The number of aryl methyl sites for hydroxylation is 2. The van der Waals surface area contributed by atoms with Gasteiger partial charge in [0.15, 0.2) is 0 Å². The zero-order valence-electron chi connectivity index (χ0n) is 10.7. The minimum absolute atomic E-state index is 0.310. The van der Waals surface area contributed by atoms with E-state index in [0.29, 0.717) is 18.6 Å². The molecule has 2 rings (SSSR count). The van der Waals surface area contributed by atoms with Crippen LogP contribution in [-0.4, -0.2) is 5.78 Å². The van der Waals surface area contributed by atoms with Gasteiger partial charge >= 0.3 is 0 Å². The Bertz CT molecular complexity index is 514. The van der Waals surface area contributed by atoms with Crippen molar-refractivity contribution >= 4 is 5.78 Å². The van der Waals surface area contributed by atoms with E-state index in [0.717, 1.165) is 12.0 Å². The second-order valence-electron chi connectivity index (χ2n) is 4.63. The van der Waals surface area contributed by atoms with Crippen LogP contribution >= 0.6 is 0 Å². The van der Waals surface area contributed by atoms with Crippen LogP contribution in [0.15, 0.2) is 54.6 Å². The summed E-state index contributed by atoms with van der Waals surface area (Å²) in [6.07, 6.45) is 2.02. The van der Waals surface area contributed by atoms with Gasteiger partial charge < -0.3 is 0 Å². The molecule has 0 saturated carbocycles. The molecule has 0 aliphatic rings. The zero-order valence-corrected chi connectivity index (χ0v) is 10.7. The Hall–Kier alpha value is -1.89. The smallest absolute Gasteiger partial charge is 0.137 e. The molecule has 0 heterocycles.